The van der Waals surface area contributed by atoms with Gasteiger partial charge in [-0.25, -0.2) is 18.2 Å². The predicted octanol–water partition coefficient (Wildman–Crippen LogP) is 7.81. The summed E-state index contributed by atoms with van der Waals surface area (Å²) in [6, 6.07) is 1.66. The fraction of sp³-hybridized carbons (Fsp3) is 0.389. The normalized spacial score (nSPS) is 19.0. The van der Waals surface area contributed by atoms with Gasteiger partial charge in [-0.2, -0.15) is 5.10 Å². The summed E-state index contributed by atoms with van der Waals surface area (Å²) in [7, 11) is 2.03. The third-order valence-electron chi connectivity index (χ3n) is 8.66. The Morgan fingerprint density at radius 1 is 1.23 bits per heavy atom. The summed E-state index contributed by atoms with van der Waals surface area (Å²) in [5.41, 5.74) is 3.26. The number of likely N-dealkylation sites (N-methyl/N-ethyl adjacent to an activating group) is 1. The molecule has 6 rings (SSSR count). The molecular weight excluding hydrogens is 639 g/mol. The fourth-order valence-corrected chi connectivity index (χ4v) is 6.92. The second-order valence-corrected chi connectivity index (χ2v) is 13.1. The number of allylic oxidation sites excluding steroid dienone is 4. The monoisotopic (exact) mass is 679 g/mol. The summed E-state index contributed by atoms with van der Waals surface area (Å²) in [4.78, 5) is 30.1. The van der Waals surface area contributed by atoms with Crippen LogP contribution < -0.4 is 0 Å². The summed E-state index contributed by atoms with van der Waals surface area (Å²) in [5, 5.41) is 6.42. The van der Waals surface area contributed by atoms with Crippen LogP contribution >= 0.6 is 11.3 Å². The number of amides is 1. The van der Waals surface area contributed by atoms with Crippen LogP contribution in [0.4, 0.5) is 13.2 Å². The number of thiophene rings is 1. The van der Waals surface area contributed by atoms with Crippen molar-refractivity contribution in [2.75, 3.05) is 33.3 Å². The molecular formula is C36H40F3N5O3S. The highest BCUT2D eigenvalue weighted by atomic mass is 32.1. The fourth-order valence-electron chi connectivity index (χ4n) is 5.97. The Kier molecular flexibility index (Phi) is 11.5. The van der Waals surface area contributed by atoms with E-state index in [1.165, 1.54) is 42.4 Å². The number of hydrogen-bond acceptors (Lipinski definition) is 7. The number of halogens is 3. The molecule has 8 nitrogen and oxygen atoms in total. The number of nitrogens with zero attached hydrogens (tertiary/aromatic N) is 5. The van der Waals surface area contributed by atoms with Crippen molar-refractivity contribution in [1.82, 2.24) is 24.6 Å². The lowest BCUT2D eigenvalue weighted by Gasteiger charge is -2.31. The molecule has 1 fully saturated rings. The number of rotatable bonds is 9. The molecule has 12 heteroatoms. The van der Waals surface area contributed by atoms with Crippen molar-refractivity contribution in [2.24, 2.45) is 5.92 Å². The van der Waals surface area contributed by atoms with Gasteiger partial charge in [0.25, 0.3) is 0 Å². The number of ether oxygens (including phenoxy) is 1. The molecule has 0 aromatic carbocycles. The molecule has 0 spiro atoms. The minimum Gasteiger partial charge on any atom is -0.501 e. The number of fused-ring (bicyclic) bond motifs is 2. The molecule has 1 aliphatic carbocycles. The first-order valence-electron chi connectivity index (χ1n) is 16.0. The maximum Gasteiger partial charge on any atom is 0.246 e. The van der Waals surface area contributed by atoms with Crippen molar-refractivity contribution >= 4 is 45.3 Å². The largest absolute Gasteiger partial charge is 0.501 e. The molecule has 1 saturated carbocycles. The van der Waals surface area contributed by atoms with E-state index in [9.17, 15) is 9.18 Å². The third-order valence-corrected chi connectivity index (χ3v) is 9.62. The lowest BCUT2D eigenvalue weighted by molar-refractivity contribution is -0.128. The lowest BCUT2D eigenvalue weighted by Crippen LogP contribution is -2.39. The van der Waals surface area contributed by atoms with Crippen LogP contribution in [0.1, 0.15) is 62.5 Å². The van der Waals surface area contributed by atoms with Crippen LogP contribution in [-0.4, -0.2) is 70.0 Å². The van der Waals surface area contributed by atoms with Gasteiger partial charge in [0.15, 0.2) is 0 Å². The average Bonchev–Trinajstić information content (AvgIpc) is 3.65. The molecule has 48 heavy (non-hydrogen) atoms. The first kappa shape index (κ1) is 35.0. The van der Waals surface area contributed by atoms with Gasteiger partial charge >= 0.3 is 0 Å². The second kappa shape index (κ2) is 15.7. The van der Waals surface area contributed by atoms with Gasteiger partial charge in [0, 0.05) is 48.1 Å². The van der Waals surface area contributed by atoms with Crippen LogP contribution in [0.25, 0.3) is 33.1 Å². The Morgan fingerprint density at radius 3 is 2.67 bits per heavy atom. The van der Waals surface area contributed by atoms with E-state index < -0.39 is 17.5 Å². The molecule has 3 aromatic rings. The molecule has 5 heterocycles. The van der Waals surface area contributed by atoms with Gasteiger partial charge in [0.2, 0.25) is 5.91 Å². The Labute approximate surface area is 282 Å². The number of carbonyl (C=O) groups is 2. The van der Waals surface area contributed by atoms with Crippen LogP contribution in [0.3, 0.4) is 0 Å². The number of aldehydes is 1. The van der Waals surface area contributed by atoms with Gasteiger partial charge in [-0.15, -0.1) is 11.3 Å². The van der Waals surface area contributed by atoms with E-state index in [0.29, 0.717) is 41.7 Å². The zero-order valence-corrected chi connectivity index (χ0v) is 28.2. The first-order chi connectivity index (χ1) is 23.1. The number of carbonyl (C=O) groups excluding carboxylic acids is 2. The zero-order chi connectivity index (χ0) is 34.4. The standard InChI is InChI=1S/C34H36F3N5O2S.C2H4O/c1-4-30(43)41-17-21(2)42-26(18-41)16-29(39-42)33-27(15-25(36)14-24(35)10-13-44-19-22-6-5-7-22)31-28(37)20-45-34(31)32(38-33)23-8-11-40(3)12-9-23;1-2-3/h4,8,10,13-16,20-22H,1,5-7,9,11-12,17-19H2,2-3H3;2H,1H3/b13-10+,24-14+,25-15?;. The average molecular weight is 680 g/mol. The van der Waals surface area contributed by atoms with E-state index >= 15 is 8.78 Å². The Balaban J connectivity index is 0.00000145. The highest BCUT2D eigenvalue weighted by Gasteiger charge is 2.29. The molecule has 0 saturated heterocycles. The molecule has 1 atom stereocenters. The molecule has 1 amide bonds. The number of pyridine rings is 1. The van der Waals surface area contributed by atoms with Crippen molar-refractivity contribution in [3.8, 4) is 11.4 Å². The predicted molar refractivity (Wildman–Crippen MR) is 184 cm³/mol. The highest BCUT2D eigenvalue weighted by Crippen LogP contribution is 2.41. The summed E-state index contributed by atoms with van der Waals surface area (Å²) < 4.78 is 53.6. The topological polar surface area (TPSA) is 80.6 Å². The highest BCUT2D eigenvalue weighted by molar-refractivity contribution is 7.17. The van der Waals surface area contributed by atoms with Gasteiger partial charge < -0.3 is 19.3 Å². The maximum atomic E-state index is 15.6. The van der Waals surface area contributed by atoms with E-state index in [0.717, 1.165) is 68.1 Å². The summed E-state index contributed by atoms with van der Waals surface area (Å²) in [5.74, 6) is -1.95. The molecule has 0 radical (unpaired) electrons. The Morgan fingerprint density at radius 2 is 2.00 bits per heavy atom. The summed E-state index contributed by atoms with van der Waals surface area (Å²) in [6.07, 6.45) is 12.4. The molecule has 0 bridgehead atoms. The third kappa shape index (κ3) is 7.87. The molecule has 3 aromatic heterocycles. The van der Waals surface area contributed by atoms with Crippen molar-refractivity contribution in [3.05, 3.63) is 83.0 Å². The van der Waals surface area contributed by atoms with Crippen LogP contribution in [0.5, 0.6) is 0 Å². The minimum atomic E-state index is -0.905. The minimum absolute atomic E-state index is 0.143. The van der Waals surface area contributed by atoms with E-state index in [1.807, 2.05) is 18.7 Å². The van der Waals surface area contributed by atoms with Crippen LogP contribution in [0.15, 0.2) is 60.2 Å². The SMILES string of the molecule is C=CC(=O)N1Cc2cc(-c3nc(C4=CCN(C)CC4)c4scc(F)c4c3C=C(F)/C=C(F)\C=C\OCC3CCC3)nn2C(C)C1.CC=O. The Hall–Kier alpha value is -4.29. The van der Waals surface area contributed by atoms with Crippen molar-refractivity contribution < 1.29 is 27.5 Å². The Bertz CT molecular complexity index is 1800. The van der Waals surface area contributed by atoms with Gasteiger partial charge in [0.05, 0.1) is 47.2 Å². The van der Waals surface area contributed by atoms with E-state index in [1.54, 1.807) is 11.0 Å². The number of hydrogen-bond donors (Lipinski definition) is 0. The molecule has 1 unspecified atom stereocenters. The van der Waals surface area contributed by atoms with E-state index in [2.05, 4.69) is 17.6 Å². The zero-order valence-electron chi connectivity index (χ0n) is 27.4. The van der Waals surface area contributed by atoms with Gasteiger partial charge in [-0.05, 0) is 69.9 Å². The van der Waals surface area contributed by atoms with Crippen LogP contribution in [-0.2, 0) is 20.9 Å². The number of aromatic nitrogens is 3. The van der Waals surface area contributed by atoms with E-state index in [4.69, 9.17) is 19.6 Å². The van der Waals surface area contributed by atoms with E-state index in [-0.39, 0.29) is 28.6 Å². The molecule has 2 aliphatic heterocycles. The van der Waals surface area contributed by atoms with Crippen molar-refractivity contribution in [1.29, 1.82) is 0 Å². The second-order valence-electron chi connectivity index (χ2n) is 12.2. The summed E-state index contributed by atoms with van der Waals surface area (Å²) >= 11 is 1.21. The van der Waals surface area contributed by atoms with Crippen molar-refractivity contribution in [3.63, 3.8) is 0 Å². The van der Waals surface area contributed by atoms with Crippen LogP contribution in [0.2, 0.25) is 0 Å². The smallest absolute Gasteiger partial charge is 0.246 e. The van der Waals surface area contributed by atoms with Crippen LogP contribution in [0, 0.1) is 11.7 Å². The molecule has 0 N–H and O–H groups in total. The first-order valence-corrected chi connectivity index (χ1v) is 16.9. The van der Waals surface area contributed by atoms with Gasteiger partial charge in [0.1, 0.15) is 29.5 Å². The van der Waals surface area contributed by atoms with Gasteiger partial charge in [-0.3, -0.25) is 9.48 Å². The molecule has 254 valence electrons. The quantitative estimate of drug-likeness (QED) is 0.0994. The molecule has 3 aliphatic rings. The lowest BCUT2D eigenvalue weighted by atomic mass is 9.86. The van der Waals surface area contributed by atoms with Crippen molar-refractivity contribution in [2.45, 2.75) is 52.1 Å². The van der Waals surface area contributed by atoms with Gasteiger partial charge in [-0.1, -0.05) is 19.1 Å². The maximum absolute atomic E-state index is 15.6. The summed E-state index contributed by atoms with van der Waals surface area (Å²) in [6.45, 7) is 9.81.